The van der Waals surface area contributed by atoms with Crippen molar-refractivity contribution in [1.29, 1.82) is 0 Å². The minimum absolute atomic E-state index is 0.0225. The van der Waals surface area contributed by atoms with E-state index in [0.717, 1.165) is 31.5 Å². The summed E-state index contributed by atoms with van der Waals surface area (Å²) in [7, 11) is 0. The highest BCUT2D eigenvalue weighted by molar-refractivity contribution is 8.03. The summed E-state index contributed by atoms with van der Waals surface area (Å²) in [6.07, 6.45) is 3.29. The van der Waals surface area contributed by atoms with Crippen LogP contribution in [0, 0.1) is 0 Å². The molecule has 1 aliphatic carbocycles. The quantitative estimate of drug-likeness (QED) is 0.696. The molecule has 0 bridgehead atoms. The average molecular weight is 398 g/mol. The molecule has 0 saturated carbocycles. The summed E-state index contributed by atoms with van der Waals surface area (Å²) in [5.74, 6) is 0.570. The number of Topliss-reactive ketones (excluding diaryl/α,β-unsaturated/α-hetero) is 2. The summed E-state index contributed by atoms with van der Waals surface area (Å²) < 4.78 is 0. The first kappa shape index (κ1) is 18.3. The SMILES string of the molecule is O=C1C(SCc2ccc(Cl)cc2)=C(N2CCCCC2)C(=O)c2ccccc21. The van der Waals surface area contributed by atoms with Gasteiger partial charge in [0.1, 0.15) is 5.70 Å². The summed E-state index contributed by atoms with van der Waals surface area (Å²) in [6.45, 7) is 1.67. The molecule has 1 saturated heterocycles. The van der Waals surface area contributed by atoms with Gasteiger partial charge in [0.05, 0.1) is 4.91 Å². The monoisotopic (exact) mass is 397 g/mol. The number of carbonyl (C=O) groups excluding carboxylic acids is 2. The highest BCUT2D eigenvalue weighted by atomic mass is 35.5. The van der Waals surface area contributed by atoms with Crippen LogP contribution in [0.3, 0.4) is 0 Å². The Morgan fingerprint density at radius 3 is 2.15 bits per heavy atom. The fraction of sp³-hybridized carbons (Fsp3) is 0.273. The van der Waals surface area contributed by atoms with Gasteiger partial charge in [-0.1, -0.05) is 48.0 Å². The van der Waals surface area contributed by atoms with Crippen LogP contribution in [0.5, 0.6) is 0 Å². The molecule has 0 N–H and O–H groups in total. The van der Waals surface area contributed by atoms with Crippen molar-refractivity contribution < 1.29 is 9.59 Å². The molecule has 0 aromatic heterocycles. The third-order valence-corrected chi connectivity index (χ3v) is 6.42. The summed E-state index contributed by atoms with van der Waals surface area (Å²) in [4.78, 5) is 29.2. The topological polar surface area (TPSA) is 37.4 Å². The van der Waals surface area contributed by atoms with E-state index in [-0.39, 0.29) is 11.6 Å². The van der Waals surface area contributed by atoms with Crippen LogP contribution in [-0.4, -0.2) is 29.6 Å². The Morgan fingerprint density at radius 1 is 0.852 bits per heavy atom. The smallest absolute Gasteiger partial charge is 0.211 e. The van der Waals surface area contributed by atoms with Crippen LogP contribution >= 0.6 is 23.4 Å². The Kier molecular flexibility index (Phi) is 5.37. The molecular formula is C22H20ClNO2S. The van der Waals surface area contributed by atoms with Crippen molar-refractivity contribution in [3.05, 3.63) is 80.8 Å². The molecule has 2 aromatic carbocycles. The first-order valence-corrected chi connectivity index (χ1v) is 10.6. The predicted molar refractivity (Wildman–Crippen MR) is 110 cm³/mol. The van der Waals surface area contributed by atoms with Gasteiger partial charge >= 0.3 is 0 Å². The number of likely N-dealkylation sites (tertiary alicyclic amines) is 1. The van der Waals surface area contributed by atoms with Crippen molar-refractivity contribution in [3.8, 4) is 0 Å². The molecule has 3 nitrogen and oxygen atoms in total. The van der Waals surface area contributed by atoms with Crippen LogP contribution in [0.15, 0.2) is 59.1 Å². The van der Waals surface area contributed by atoms with Gasteiger partial charge in [0.25, 0.3) is 0 Å². The number of benzene rings is 2. The summed E-state index contributed by atoms with van der Waals surface area (Å²) >= 11 is 7.42. The number of nitrogens with zero attached hydrogens (tertiary/aromatic N) is 1. The average Bonchev–Trinajstić information content (AvgIpc) is 2.71. The molecule has 0 atom stereocenters. The van der Waals surface area contributed by atoms with Gasteiger partial charge in [0, 0.05) is 35.0 Å². The summed E-state index contributed by atoms with van der Waals surface area (Å²) in [5.41, 5.74) is 2.71. The van der Waals surface area contributed by atoms with E-state index in [1.165, 1.54) is 18.2 Å². The van der Waals surface area contributed by atoms with Gasteiger partial charge in [0.15, 0.2) is 0 Å². The maximum Gasteiger partial charge on any atom is 0.211 e. The number of fused-ring (bicyclic) bond motifs is 1. The number of rotatable bonds is 4. The largest absolute Gasteiger partial charge is 0.367 e. The van der Waals surface area contributed by atoms with Crippen molar-refractivity contribution in [2.75, 3.05) is 13.1 Å². The predicted octanol–water partition coefficient (Wildman–Crippen LogP) is 5.35. The van der Waals surface area contributed by atoms with E-state index in [2.05, 4.69) is 4.90 Å². The Bertz CT molecular complexity index is 914. The van der Waals surface area contributed by atoms with Crippen LogP contribution in [0.4, 0.5) is 0 Å². The molecule has 1 aliphatic heterocycles. The molecule has 2 aliphatic rings. The number of allylic oxidation sites excluding steroid dienone is 2. The second-order valence-electron chi connectivity index (χ2n) is 6.84. The molecule has 1 fully saturated rings. The zero-order valence-corrected chi connectivity index (χ0v) is 16.5. The van der Waals surface area contributed by atoms with E-state index < -0.39 is 0 Å². The molecule has 5 heteroatoms. The third-order valence-electron chi connectivity index (χ3n) is 5.02. The molecule has 0 spiro atoms. The molecule has 138 valence electrons. The number of hydrogen-bond donors (Lipinski definition) is 0. The van der Waals surface area contributed by atoms with Crippen molar-refractivity contribution >= 4 is 34.9 Å². The molecule has 1 heterocycles. The van der Waals surface area contributed by atoms with Gasteiger partial charge in [-0.05, 0) is 37.0 Å². The van der Waals surface area contributed by atoms with E-state index >= 15 is 0 Å². The number of ketones is 2. The summed E-state index contributed by atoms with van der Waals surface area (Å²) in [5, 5.41) is 0.690. The first-order chi connectivity index (χ1) is 13.1. The van der Waals surface area contributed by atoms with E-state index in [1.54, 1.807) is 12.1 Å². The van der Waals surface area contributed by atoms with Crippen LogP contribution in [0.1, 0.15) is 45.5 Å². The van der Waals surface area contributed by atoms with Gasteiger partial charge in [0.2, 0.25) is 11.6 Å². The molecule has 27 heavy (non-hydrogen) atoms. The van der Waals surface area contributed by atoms with Gasteiger partial charge in [-0.25, -0.2) is 0 Å². The van der Waals surface area contributed by atoms with E-state index in [4.69, 9.17) is 11.6 Å². The van der Waals surface area contributed by atoms with Crippen LogP contribution in [-0.2, 0) is 5.75 Å². The lowest BCUT2D eigenvalue weighted by Crippen LogP contribution is -2.37. The van der Waals surface area contributed by atoms with Gasteiger partial charge in [-0.15, -0.1) is 11.8 Å². The summed E-state index contributed by atoms with van der Waals surface area (Å²) in [6, 6.07) is 14.8. The Hall–Kier alpha value is -2.04. The molecule has 2 aromatic rings. The van der Waals surface area contributed by atoms with Crippen molar-refractivity contribution in [3.63, 3.8) is 0 Å². The number of carbonyl (C=O) groups is 2. The highest BCUT2D eigenvalue weighted by Crippen LogP contribution is 2.37. The molecule has 4 rings (SSSR count). The molecular weight excluding hydrogens is 378 g/mol. The van der Waals surface area contributed by atoms with E-state index in [9.17, 15) is 9.59 Å². The zero-order chi connectivity index (χ0) is 18.8. The fourth-order valence-corrected chi connectivity index (χ4v) is 4.84. The van der Waals surface area contributed by atoms with Crippen molar-refractivity contribution in [2.45, 2.75) is 25.0 Å². The lowest BCUT2D eigenvalue weighted by atomic mass is 9.91. The number of hydrogen-bond acceptors (Lipinski definition) is 4. The number of halogens is 1. The Morgan fingerprint density at radius 2 is 1.48 bits per heavy atom. The lowest BCUT2D eigenvalue weighted by molar-refractivity contribution is 0.0941. The maximum absolute atomic E-state index is 13.2. The molecule has 0 amide bonds. The standard InChI is InChI=1S/C22H20ClNO2S/c23-16-10-8-15(9-11-16)14-27-22-19(24-12-4-1-5-13-24)20(25)17-6-2-3-7-18(17)21(22)26/h2-3,6-11H,1,4-5,12-14H2. The lowest BCUT2D eigenvalue weighted by Gasteiger charge is -2.33. The zero-order valence-electron chi connectivity index (χ0n) is 14.9. The van der Waals surface area contributed by atoms with Crippen molar-refractivity contribution in [2.24, 2.45) is 0 Å². The van der Waals surface area contributed by atoms with Crippen LogP contribution in [0.25, 0.3) is 0 Å². The fourth-order valence-electron chi connectivity index (χ4n) is 3.61. The second kappa shape index (κ2) is 7.91. The van der Waals surface area contributed by atoms with Crippen LogP contribution < -0.4 is 0 Å². The normalized spacial score (nSPS) is 17.3. The van der Waals surface area contributed by atoms with Gasteiger partial charge in [-0.2, -0.15) is 0 Å². The highest BCUT2D eigenvalue weighted by Gasteiger charge is 2.35. The minimum Gasteiger partial charge on any atom is -0.367 e. The van der Waals surface area contributed by atoms with E-state index in [0.29, 0.717) is 32.5 Å². The van der Waals surface area contributed by atoms with Crippen molar-refractivity contribution in [1.82, 2.24) is 4.90 Å². The van der Waals surface area contributed by atoms with E-state index in [1.807, 2.05) is 36.4 Å². The second-order valence-corrected chi connectivity index (χ2v) is 8.27. The van der Waals surface area contributed by atoms with Gasteiger partial charge in [-0.3, -0.25) is 9.59 Å². The van der Waals surface area contributed by atoms with Gasteiger partial charge < -0.3 is 4.90 Å². The minimum atomic E-state index is -0.0373. The third kappa shape index (κ3) is 3.69. The Balaban J connectivity index is 1.70. The Labute approximate surface area is 168 Å². The first-order valence-electron chi connectivity index (χ1n) is 9.20. The maximum atomic E-state index is 13.2. The molecule has 0 unspecified atom stereocenters. The number of thioether (sulfide) groups is 1. The number of piperidine rings is 1. The van der Waals surface area contributed by atoms with Crippen LogP contribution in [0.2, 0.25) is 5.02 Å². The molecule has 0 radical (unpaired) electrons.